The molecule has 0 saturated heterocycles. The van der Waals surface area contributed by atoms with Gasteiger partial charge in [0.25, 0.3) is 0 Å². The van der Waals surface area contributed by atoms with Gasteiger partial charge in [0.05, 0.1) is 6.61 Å². The van der Waals surface area contributed by atoms with E-state index >= 15 is 0 Å². The first-order valence-electron chi connectivity index (χ1n) is 8.66. The smallest absolute Gasteiger partial charge is 0.124 e. The molecule has 0 radical (unpaired) electrons. The number of benzene rings is 2. The van der Waals surface area contributed by atoms with E-state index in [9.17, 15) is 0 Å². The predicted octanol–water partition coefficient (Wildman–Crippen LogP) is 5.00. The van der Waals surface area contributed by atoms with Gasteiger partial charge in [-0.15, -0.1) is 0 Å². The van der Waals surface area contributed by atoms with Gasteiger partial charge in [-0.25, -0.2) is 0 Å². The van der Waals surface area contributed by atoms with Crippen LogP contribution >= 0.6 is 0 Å². The van der Waals surface area contributed by atoms with Crippen molar-refractivity contribution in [1.29, 1.82) is 0 Å². The second-order valence-electron chi connectivity index (χ2n) is 6.51. The Morgan fingerprint density at radius 2 is 1.61 bits per heavy atom. The lowest BCUT2D eigenvalue weighted by Crippen LogP contribution is -2.21. The number of aryl methyl sites for hydroxylation is 1. The summed E-state index contributed by atoms with van der Waals surface area (Å²) in [5.74, 6) is 1.54. The van der Waals surface area contributed by atoms with Crippen LogP contribution in [-0.2, 0) is 6.42 Å². The van der Waals surface area contributed by atoms with Gasteiger partial charge in [-0.1, -0.05) is 62.4 Å². The lowest BCUT2D eigenvalue weighted by Gasteiger charge is -2.19. The Kier molecular flexibility index (Phi) is 7.15. The first-order valence-corrected chi connectivity index (χ1v) is 8.66. The Morgan fingerprint density at radius 3 is 2.35 bits per heavy atom. The van der Waals surface area contributed by atoms with Gasteiger partial charge in [0, 0.05) is 11.6 Å². The van der Waals surface area contributed by atoms with E-state index in [1.807, 2.05) is 6.07 Å². The minimum atomic E-state index is 0.300. The Morgan fingerprint density at radius 1 is 0.913 bits per heavy atom. The van der Waals surface area contributed by atoms with Gasteiger partial charge in [-0.2, -0.15) is 0 Å². The minimum Gasteiger partial charge on any atom is -0.493 e. The van der Waals surface area contributed by atoms with Crippen LogP contribution in [0.4, 0.5) is 0 Å². The zero-order valence-corrected chi connectivity index (χ0v) is 14.6. The molecule has 2 aromatic rings. The molecule has 124 valence electrons. The molecule has 0 spiro atoms. The monoisotopic (exact) mass is 311 g/mol. The summed E-state index contributed by atoms with van der Waals surface area (Å²) in [6, 6.07) is 19.3. The fourth-order valence-electron chi connectivity index (χ4n) is 2.59. The number of hydrogen-bond donors (Lipinski definition) is 1. The third kappa shape index (κ3) is 6.07. The average Bonchev–Trinajstić information content (AvgIpc) is 2.58. The van der Waals surface area contributed by atoms with Gasteiger partial charge in [-0.05, 0) is 43.9 Å². The van der Waals surface area contributed by atoms with Gasteiger partial charge >= 0.3 is 0 Å². The highest BCUT2D eigenvalue weighted by molar-refractivity contribution is 5.35. The molecule has 0 aliphatic heterocycles. The van der Waals surface area contributed by atoms with Crippen LogP contribution in [0.25, 0.3) is 0 Å². The molecule has 2 rings (SSSR count). The number of hydrogen-bond acceptors (Lipinski definition) is 2. The molecule has 1 atom stereocenters. The van der Waals surface area contributed by atoms with E-state index in [1.54, 1.807) is 0 Å². The standard InChI is InChI=1S/C21H29NO/c1-17(2)16-23-21-14-8-7-13-20(21)18(3)22-15-9-12-19-10-5-4-6-11-19/h4-8,10-11,13-14,17-18,22H,9,12,15-16H2,1-3H3. The number of para-hydroxylation sites is 1. The van der Waals surface area contributed by atoms with E-state index in [0.717, 1.165) is 31.7 Å². The van der Waals surface area contributed by atoms with Crippen LogP contribution in [0.15, 0.2) is 54.6 Å². The van der Waals surface area contributed by atoms with Gasteiger partial charge < -0.3 is 10.1 Å². The summed E-state index contributed by atoms with van der Waals surface area (Å²) in [6.45, 7) is 8.33. The van der Waals surface area contributed by atoms with Crippen molar-refractivity contribution in [2.45, 2.75) is 39.7 Å². The van der Waals surface area contributed by atoms with Gasteiger partial charge in [0.15, 0.2) is 0 Å². The summed E-state index contributed by atoms with van der Waals surface area (Å²) in [5, 5.41) is 3.62. The number of rotatable bonds is 9. The molecule has 0 aliphatic carbocycles. The van der Waals surface area contributed by atoms with Crippen molar-refractivity contribution in [3.05, 3.63) is 65.7 Å². The summed E-state index contributed by atoms with van der Waals surface area (Å²) < 4.78 is 5.96. The first kappa shape index (κ1) is 17.6. The fraction of sp³-hybridized carbons (Fsp3) is 0.429. The van der Waals surface area contributed by atoms with Crippen molar-refractivity contribution in [1.82, 2.24) is 5.32 Å². The van der Waals surface area contributed by atoms with Crippen molar-refractivity contribution in [3.63, 3.8) is 0 Å². The zero-order chi connectivity index (χ0) is 16.5. The second kappa shape index (κ2) is 9.36. The predicted molar refractivity (Wildman–Crippen MR) is 98.0 cm³/mol. The molecule has 0 aromatic heterocycles. The fourth-order valence-corrected chi connectivity index (χ4v) is 2.59. The van der Waals surface area contributed by atoms with Crippen molar-refractivity contribution in [3.8, 4) is 5.75 Å². The van der Waals surface area contributed by atoms with E-state index < -0.39 is 0 Å². The molecule has 2 aromatic carbocycles. The van der Waals surface area contributed by atoms with Crippen molar-refractivity contribution in [2.24, 2.45) is 5.92 Å². The number of nitrogens with one attached hydrogen (secondary N) is 1. The third-order valence-corrected chi connectivity index (χ3v) is 3.89. The molecule has 2 heteroatoms. The van der Waals surface area contributed by atoms with E-state index in [4.69, 9.17) is 4.74 Å². The number of ether oxygens (including phenoxy) is 1. The quantitative estimate of drug-likeness (QED) is 0.658. The summed E-state index contributed by atoms with van der Waals surface area (Å²) in [7, 11) is 0. The van der Waals surface area contributed by atoms with Gasteiger partial charge in [0.1, 0.15) is 5.75 Å². The second-order valence-corrected chi connectivity index (χ2v) is 6.51. The lowest BCUT2D eigenvalue weighted by atomic mass is 10.1. The largest absolute Gasteiger partial charge is 0.493 e. The molecule has 0 amide bonds. The van der Waals surface area contributed by atoms with Crippen LogP contribution in [0.1, 0.15) is 44.4 Å². The molecule has 0 heterocycles. The Balaban J connectivity index is 1.82. The van der Waals surface area contributed by atoms with Gasteiger partial charge in [-0.3, -0.25) is 0 Å². The molecular weight excluding hydrogens is 282 g/mol. The van der Waals surface area contributed by atoms with Crippen molar-refractivity contribution in [2.75, 3.05) is 13.2 Å². The zero-order valence-electron chi connectivity index (χ0n) is 14.6. The van der Waals surface area contributed by atoms with Crippen LogP contribution in [0, 0.1) is 5.92 Å². The van der Waals surface area contributed by atoms with E-state index in [0.29, 0.717) is 12.0 Å². The van der Waals surface area contributed by atoms with Crippen LogP contribution < -0.4 is 10.1 Å². The highest BCUT2D eigenvalue weighted by atomic mass is 16.5. The third-order valence-electron chi connectivity index (χ3n) is 3.89. The Labute approximate surface area is 140 Å². The molecule has 1 unspecified atom stereocenters. The average molecular weight is 311 g/mol. The maximum absolute atomic E-state index is 5.96. The summed E-state index contributed by atoms with van der Waals surface area (Å²) >= 11 is 0. The molecule has 0 bridgehead atoms. The summed E-state index contributed by atoms with van der Waals surface area (Å²) in [4.78, 5) is 0. The minimum absolute atomic E-state index is 0.300. The van der Waals surface area contributed by atoms with Crippen molar-refractivity contribution < 1.29 is 4.74 Å². The first-order chi connectivity index (χ1) is 11.2. The Hall–Kier alpha value is -1.80. The lowest BCUT2D eigenvalue weighted by molar-refractivity contribution is 0.266. The molecule has 0 fully saturated rings. The van der Waals surface area contributed by atoms with Crippen LogP contribution in [-0.4, -0.2) is 13.2 Å². The Bertz CT molecular complexity index is 565. The molecule has 2 nitrogen and oxygen atoms in total. The highest BCUT2D eigenvalue weighted by Crippen LogP contribution is 2.25. The maximum Gasteiger partial charge on any atom is 0.124 e. The highest BCUT2D eigenvalue weighted by Gasteiger charge is 2.11. The molecular formula is C21H29NO. The van der Waals surface area contributed by atoms with Crippen LogP contribution in [0.2, 0.25) is 0 Å². The topological polar surface area (TPSA) is 21.3 Å². The molecule has 0 saturated carbocycles. The van der Waals surface area contributed by atoms with E-state index in [1.165, 1.54) is 11.1 Å². The van der Waals surface area contributed by atoms with Crippen molar-refractivity contribution >= 4 is 0 Å². The van der Waals surface area contributed by atoms with E-state index in [-0.39, 0.29) is 0 Å². The maximum atomic E-state index is 5.96. The SMILES string of the molecule is CC(C)COc1ccccc1C(C)NCCCc1ccccc1. The van der Waals surface area contributed by atoms with E-state index in [2.05, 4.69) is 74.6 Å². The molecule has 0 aliphatic rings. The summed E-state index contributed by atoms with van der Waals surface area (Å²) in [6.07, 6.45) is 2.26. The summed E-state index contributed by atoms with van der Waals surface area (Å²) in [5.41, 5.74) is 2.65. The van der Waals surface area contributed by atoms with Gasteiger partial charge in [0.2, 0.25) is 0 Å². The normalized spacial score (nSPS) is 12.3. The van der Waals surface area contributed by atoms with Crippen LogP contribution in [0.5, 0.6) is 5.75 Å². The molecule has 23 heavy (non-hydrogen) atoms. The van der Waals surface area contributed by atoms with Crippen LogP contribution in [0.3, 0.4) is 0 Å². The molecule has 1 N–H and O–H groups in total.